The Morgan fingerprint density at radius 3 is 2.40 bits per heavy atom. The number of pyridine rings is 1. The van der Waals surface area contributed by atoms with E-state index in [-0.39, 0.29) is 0 Å². The molecule has 3 rings (SSSR count). The molecule has 1 aromatic rings. The Balaban J connectivity index is 1.83. The van der Waals surface area contributed by atoms with Gasteiger partial charge in [-0.3, -0.25) is 4.98 Å². The van der Waals surface area contributed by atoms with Crippen LogP contribution in [0.5, 0.6) is 0 Å². The molecule has 2 fully saturated rings. The summed E-state index contributed by atoms with van der Waals surface area (Å²) in [6, 6.07) is 4.43. The molecule has 1 saturated heterocycles. The highest BCUT2D eigenvalue weighted by Gasteiger charge is 2.37. The maximum atomic E-state index is 9.41. The second-order valence-corrected chi connectivity index (χ2v) is 6.55. The van der Waals surface area contributed by atoms with E-state index in [0.717, 1.165) is 35.7 Å². The molecule has 3 heteroatoms. The molecule has 3 nitrogen and oxygen atoms in total. The molecular weight excluding hydrogens is 246 g/mol. The van der Waals surface area contributed by atoms with Crippen LogP contribution in [0.4, 0.5) is 5.69 Å². The zero-order valence-electron chi connectivity index (χ0n) is 12.6. The first kappa shape index (κ1) is 13.4. The third-order valence-corrected chi connectivity index (χ3v) is 5.25. The molecule has 1 aromatic heterocycles. The Labute approximate surface area is 121 Å². The number of nitrogens with zero attached hydrogens (tertiary/aromatic N) is 3. The maximum Gasteiger partial charge on any atom is 0.103 e. The van der Waals surface area contributed by atoms with Crippen molar-refractivity contribution in [3.63, 3.8) is 0 Å². The lowest BCUT2D eigenvalue weighted by Gasteiger charge is -2.40. The number of aromatic nitrogens is 1. The van der Waals surface area contributed by atoms with Crippen LogP contribution in [0.2, 0.25) is 0 Å². The highest BCUT2D eigenvalue weighted by atomic mass is 15.1. The van der Waals surface area contributed by atoms with Gasteiger partial charge >= 0.3 is 0 Å². The number of nitriles is 1. The van der Waals surface area contributed by atoms with Crippen molar-refractivity contribution in [2.24, 2.45) is 5.41 Å². The van der Waals surface area contributed by atoms with Gasteiger partial charge in [0.1, 0.15) is 6.07 Å². The molecule has 0 aromatic carbocycles. The molecule has 0 bridgehead atoms. The van der Waals surface area contributed by atoms with Crippen LogP contribution in [0.3, 0.4) is 0 Å². The van der Waals surface area contributed by atoms with E-state index in [0.29, 0.717) is 5.41 Å². The van der Waals surface area contributed by atoms with E-state index >= 15 is 0 Å². The van der Waals surface area contributed by atoms with E-state index in [1.807, 2.05) is 13.8 Å². The maximum absolute atomic E-state index is 9.41. The summed E-state index contributed by atoms with van der Waals surface area (Å²) in [6.07, 6.45) is 8.24. The number of aryl methyl sites for hydroxylation is 2. The molecule has 1 spiro atoms. The van der Waals surface area contributed by atoms with Crippen molar-refractivity contribution in [3.05, 3.63) is 23.0 Å². The van der Waals surface area contributed by atoms with Crippen LogP contribution < -0.4 is 4.90 Å². The Hall–Kier alpha value is -1.56. The SMILES string of the molecule is Cc1cc(N2CCC3(CCCC3)CC2)c(C#N)c(C)n1. The van der Waals surface area contributed by atoms with Crippen LogP contribution in [-0.2, 0) is 0 Å². The molecule has 2 heterocycles. The van der Waals surface area contributed by atoms with Gasteiger partial charge in [0.05, 0.1) is 16.9 Å². The van der Waals surface area contributed by atoms with Gasteiger partial charge in [0.2, 0.25) is 0 Å². The summed E-state index contributed by atoms with van der Waals surface area (Å²) >= 11 is 0. The molecule has 0 amide bonds. The van der Waals surface area contributed by atoms with Gasteiger partial charge in [-0.25, -0.2) is 0 Å². The fourth-order valence-electron chi connectivity index (χ4n) is 4.04. The Morgan fingerprint density at radius 1 is 1.15 bits per heavy atom. The van der Waals surface area contributed by atoms with Crippen LogP contribution in [0, 0.1) is 30.6 Å². The van der Waals surface area contributed by atoms with E-state index < -0.39 is 0 Å². The highest BCUT2D eigenvalue weighted by molar-refractivity contribution is 5.61. The normalized spacial score (nSPS) is 21.1. The van der Waals surface area contributed by atoms with E-state index in [1.54, 1.807) is 0 Å². The fraction of sp³-hybridized carbons (Fsp3) is 0.647. The summed E-state index contributed by atoms with van der Waals surface area (Å²) in [7, 11) is 0. The van der Waals surface area contributed by atoms with Gasteiger partial charge in [0, 0.05) is 18.8 Å². The van der Waals surface area contributed by atoms with E-state index in [1.165, 1.54) is 38.5 Å². The van der Waals surface area contributed by atoms with Crippen molar-refractivity contribution in [3.8, 4) is 6.07 Å². The van der Waals surface area contributed by atoms with Crippen molar-refractivity contribution < 1.29 is 0 Å². The third-order valence-electron chi connectivity index (χ3n) is 5.25. The average Bonchev–Trinajstić information content (AvgIpc) is 2.87. The molecule has 20 heavy (non-hydrogen) atoms. The summed E-state index contributed by atoms with van der Waals surface area (Å²) in [5.41, 5.74) is 4.37. The zero-order chi connectivity index (χ0) is 14.2. The van der Waals surface area contributed by atoms with Crippen LogP contribution in [0.25, 0.3) is 0 Å². The fourth-order valence-corrected chi connectivity index (χ4v) is 4.04. The van der Waals surface area contributed by atoms with Crippen molar-refractivity contribution in [2.75, 3.05) is 18.0 Å². The summed E-state index contributed by atoms with van der Waals surface area (Å²) in [5, 5.41) is 9.41. The number of rotatable bonds is 1. The molecular formula is C17H23N3. The van der Waals surface area contributed by atoms with Gasteiger partial charge in [0.15, 0.2) is 0 Å². The Kier molecular flexibility index (Phi) is 3.41. The number of hydrogen-bond donors (Lipinski definition) is 0. The smallest absolute Gasteiger partial charge is 0.103 e. The predicted molar refractivity (Wildman–Crippen MR) is 80.8 cm³/mol. The molecule has 1 aliphatic heterocycles. The third kappa shape index (κ3) is 2.28. The minimum absolute atomic E-state index is 0.625. The quantitative estimate of drug-likeness (QED) is 0.780. The van der Waals surface area contributed by atoms with Crippen LogP contribution in [-0.4, -0.2) is 18.1 Å². The minimum Gasteiger partial charge on any atom is -0.370 e. The van der Waals surface area contributed by atoms with Gasteiger partial charge in [-0.05, 0) is 51.0 Å². The zero-order valence-corrected chi connectivity index (χ0v) is 12.6. The van der Waals surface area contributed by atoms with E-state index in [2.05, 4.69) is 22.0 Å². The second kappa shape index (κ2) is 5.09. The Morgan fingerprint density at radius 2 is 1.80 bits per heavy atom. The van der Waals surface area contributed by atoms with Crippen molar-refractivity contribution >= 4 is 5.69 Å². The molecule has 106 valence electrons. The van der Waals surface area contributed by atoms with Gasteiger partial charge in [0.25, 0.3) is 0 Å². The second-order valence-electron chi connectivity index (χ2n) is 6.55. The number of piperidine rings is 1. The standard InChI is InChI=1S/C17H23N3/c1-13-11-16(15(12-18)14(2)19-13)20-9-7-17(8-10-20)5-3-4-6-17/h11H,3-10H2,1-2H3. The van der Waals surface area contributed by atoms with Crippen molar-refractivity contribution in [2.45, 2.75) is 52.4 Å². The van der Waals surface area contributed by atoms with Crippen LogP contribution >= 0.6 is 0 Å². The topological polar surface area (TPSA) is 39.9 Å². The summed E-state index contributed by atoms with van der Waals surface area (Å²) in [6.45, 7) is 6.15. The molecule has 0 radical (unpaired) electrons. The molecule has 0 atom stereocenters. The van der Waals surface area contributed by atoms with E-state index in [4.69, 9.17) is 0 Å². The monoisotopic (exact) mass is 269 g/mol. The first-order valence-electron chi connectivity index (χ1n) is 7.77. The van der Waals surface area contributed by atoms with Gasteiger partial charge < -0.3 is 4.90 Å². The predicted octanol–water partition coefficient (Wildman–Crippen LogP) is 3.73. The van der Waals surface area contributed by atoms with Crippen molar-refractivity contribution in [1.82, 2.24) is 4.98 Å². The molecule has 0 unspecified atom stereocenters. The lowest BCUT2D eigenvalue weighted by molar-refractivity contribution is 0.226. The molecule has 2 aliphatic rings. The van der Waals surface area contributed by atoms with E-state index in [9.17, 15) is 5.26 Å². The lowest BCUT2D eigenvalue weighted by Crippen LogP contribution is -2.39. The van der Waals surface area contributed by atoms with Crippen LogP contribution in [0.15, 0.2) is 6.07 Å². The first-order valence-corrected chi connectivity index (χ1v) is 7.77. The number of anilines is 1. The molecule has 0 N–H and O–H groups in total. The summed E-state index contributed by atoms with van der Waals surface area (Å²) < 4.78 is 0. The first-order chi connectivity index (χ1) is 9.63. The van der Waals surface area contributed by atoms with Gasteiger partial charge in [-0.1, -0.05) is 12.8 Å². The number of hydrogen-bond acceptors (Lipinski definition) is 3. The summed E-state index contributed by atoms with van der Waals surface area (Å²) in [4.78, 5) is 6.83. The Bertz CT molecular complexity index is 540. The molecule has 1 saturated carbocycles. The highest BCUT2D eigenvalue weighted by Crippen LogP contribution is 2.46. The molecule has 1 aliphatic carbocycles. The average molecular weight is 269 g/mol. The lowest BCUT2D eigenvalue weighted by atomic mass is 9.77. The summed E-state index contributed by atoms with van der Waals surface area (Å²) in [5.74, 6) is 0. The van der Waals surface area contributed by atoms with Crippen LogP contribution in [0.1, 0.15) is 55.5 Å². The van der Waals surface area contributed by atoms with Gasteiger partial charge in [-0.2, -0.15) is 5.26 Å². The van der Waals surface area contributed by atoms with Crippen molar-refractivity contribution in [1.29, 1.82) is 5.26 Å². The minimum atomic E-state index is 0.625. The van der Waals surface area contributed by atoms with Gasteiger partial charge in [-0.15, -0.1) is 0 Å². The largest absolute Gasteiger partial charge is 0.370 e.